The lowest BCUT2D eigenvalue weighted by Crippen LogP contribution is -2.55. The molecule has 176 valence electrons. The molecular weight excluding hydrogens is 436 g/mol. The van der Waals surface area contributed by atoms with Crippen LogP contribution in [-0.2, 0) is 18.4 Å². The second-order valence-corrected chi connectivity index (χ2v) is 8.12. The van der Waals surface area contributed by atoms with E-state index >= 15 is 0 Å². The summed E-state index contributed by atoms with van der Waals surface area (Å²) in [6.45, 7) is 2.23. The Bertz CT molecular complexity index is 1340. The van der Waals surface area contributed by atoms with Crippen LogP contribution in [0.5, 0.6) is 5.75 Å². The Morgan fingerprint density at radius 2 is 1.74 bits per heavy atom. The molecule has 0 bridgehead atoms. The first kappa shape index (κ1) is 23.0. The topological polar surface area (TPSA) is 111 Å². The van der Waals surface area contributed by atoms with Crippen LogP contribution in [0.1, 0.15) is 40.7 Å². The number of nitrogens with one attached hydrogen (secondary N) is 2. The van der Waals surface area contributed by atoms with E-state index in [1.165, 1.54) is 11.6 Å². The summed E-state index contributed by atoms with van der Waals surface area (Å²) in [5, 5.41) is 5.52. The summed E-state index contributed by atoms with van der Waals surface area (Å²) in [5.74, 6) is -0.981. The molecule has 9 nitrogen and oxygen atoms in total. The zero-order valence-electron chi connectivity index (χ0n) is 19.2. The summed E-state index contributed by atoms with van der Waals surface area (Å²) >= 11 is 0. The highest BCUT2D eigenvalue weighted by Gasteiger charge is 2.42. The van der Waals surface area contributed by atoms with E-state index in [9.17, 15) is 19.2 Å². The monoisotopic (exact) mass is 462 g/mol. The number of hydrogen-bond donors (Lipinski definition) is 2. The average Bonchev–Trinajstić information content (AvgIpc) is 2.86. The van der Waals surface area contributed by atoms with Crippen molar-refractivity contribution in [3.63, 3.8) is 0 Å². The van der Waals surface area contributed by atoms with Crippen molar-refractivity contribution in [3.8, 4) is 5.75 Å². The van der Waals surface area contributed by atoms with E-state index < -0.39 is 35.0 Å². The van der Waals surface area contributed by atoms with Crippen molar-refractivity contribution in [2.24, 2.45) is 7.05 Å². The van der Waals surface area contributed by atoms with E-state index in [1.54, 1.807) is 61.7 Å². The largest absolute Gasteiger partial charge is 0.497 e. The molecule has 2 unspecified atom stereocenters. The number of carbonyl (C=O) groups is 2. The van der Waals surface area contributed by atoms with Crippen molar-refractivity contribution < 1.29 is 14.3 Å². The van der Waals surface area contributed by atoms with Gasteiger partial charge in [0, 0.05) is 25.1 Å². The van der Waals surface area contributed by atoms with Crippen molar-refractivity contribution in [2.45, 2.75) is 31.8 Å². The van der Waals surface area contributed by atoms with Gasteiger partial charge in [0.2, 0.25) is 5.91 Å². The molecule has 1 aromatic heterocycles. The van der Waals surface area contributed by atoms with Crippen LogP contribution >= 0.6 is 0 Å². The van der Waals surface area contributed by atoms with Gasteiger partial charge >= 0.3 is 5.69 Å². The number of rotatable bonds is 6. The number of nitrogens with zero attached hydrogens (tertiary/aromatic N) is 2. The molecule has 0 aliphatic carbocycles. The van der Waals surface area contributed by atoms with E-state index in [0.717, 1.165) is 4.57 Å². The first-order valence-corrected chi connectivity index (χ1v) is 11.0. The van der Waals surface area contributed by atoms with Crippen LogP contribution in [0.3, 0.4) is 0 Å². The molecule has 1 aliphatic rings. The molecule has 2 aromatic carbocycles. The van der Waals surface area contributed by atoms with E-state index in [1.807, 2.05) is 6.92 Å². The van der Waals surface area contributed by atoms with Crippen LogP contribution in [0, 0.1) is 0 Å². The number of ether oxygens (including phenoxy) is 1. The molecule has 0 saturated carbocycles. The van der Waals surface area contributed by atoms with E-state index in [-0.39, 0.29) is 11.4 Å². The fourth-order valence-electron chi connectivity index (χ4n) is 4.28. The Labute approximate surface area is 196 Å². The first-order chi connectivity index (χ1) is 16.4. The Hall–Kier alpha value is -4.14. The number of fused-ring (bicyclic) bond motifs is 1. The van der Waals surface area contributed by atoms with Crippen molar-refractivity contribution in [2.75, 3.05) is 12.4 Å². The molecule has 0 radical (unpaired) electrons. The third kappa shape index (κ3) is 4.00. The molecular formula is C25H26N4O5. The molecule has 2 amide bonds. The van der Waals surface area contributed by atoms with Crippen molar-refractivity contribution in [1.82, 2.24) is 14.5 Å². The summed E-state index contributed by atoms with van der Waals surface area (Å²) in [4.78, 5) is 52.5. The third-order valence-corrected chi connectivity index (χ3v) is 5.99. The lowest BCUT2D eigenvalue weighted by atomic mass is 9.82. The molecule has 2 heterocycles. The number of methoxy groups -OCH3 is 1. The van der Waals surface area contributed by atoms with Crippen LogP contribution in [0.4, 0.5) is 5.82 Å². The minimum atomic E-state index is -1.08. The normalized spacial score (nSPS) is 17.0. The standard InChI is InChI=1S/C25H26N4O5/c1-4-14-29-21-19(24(32)28(2)25(29)33)18(15-10-12-17(34-3)13-11-15)20(23(31)27-21)26-22(30)16-8-6-5-7-9-16/h5-13,18,20H,4,14H2,1-3H3,(H,26,30)(H,27,31). The maximum atomic E-state index is 13.4. The summed E-state index contributed by atoms with van der Waals surface area (Å²) in [6, 6.07) is 14.4. The van der Waals surface area contributed by atoms with Crippen molar-refractivity contribution in [1.29, 1.82) is 0 Å². The molecule has 3 aromatic rings. The van der Waals surface area contributed by atoms with Gasteiger partial charge in [0.1, 0.15) is 17.6 Å². The molecule has 4 rings (SSSR count). The van der Waals surface area contributed by atoms with Crippen molar-refractivity contribution in [3.05, 3.63) is 92.1 Å². The van der Waals surface area contributed by atoms with Gasteiger partial charge in [-0.15, -0.1) is 0 Å². The van der Waals surface area contributed by atoms with Gasteiger partial charge in [-0.2, -0.15) is 0 Å². The summed E-state index contributed by atoms with van der Waals surface area (Å²) < 4.78 is 7.69. The lowest BCUT2D eigenvalue weighted by molar-refractivity contribution is -0.118. The Kier molecular flexibility index (Phi) is 6.36. The fraction of sp³-hybridized carbons (Fsp3) is 0.280. The molecule has 0 saturated heterocycles. The number of aromatic nitrogens is 2. The number of benzene rings is 2. The predicted octanol–water partition coefficient (Wildman–Crippen LogP) is 1.85. The van der Waals surface area contributed by atoms with Crippen molar-refractivity contribution >= 4 is 17.6 Å². The van der Waals surface area contributed by atoms with E-state index in [2.05, 4.69) is 10.6 Å². The SMILES string of the molecule is CCCn1c2c(c(=O)n(C)c1=O)C(c1ccc(OC)cc1)C(NC(=O)c1ccccc1)C(=O)N2. The number of anilines is 1. The van der Waals surface area contributed by atoms with Gasteiger partial charge in [0.25, 0.3) is 11.5 Å². The summed E-state index contributed by atoms with van der Waals surface area (Å²) in [7, 11) is 2.95. The Morgan fingerprint density at radius 1 is 1.06 bits per heavy atom. The van der Waals surface area contributed by atoms with Gasteiger partial charge in [-0.05, 0) is 36.2 Å². The molecule has 0 fully saturated rings. The molecule has 34 heavy (non-hydrogen) atoms. The minimum Gasteiger partial charge on any atom is -0.497 e. The van der Waals surface area contributed by atoms with Gasteiger partial charge in [0.15, 0.2) is 0 Å². The zero-order chi connectivity index (χ0) is 24.4. The lowest BCUT2D eigenvalue weighted by Gasteiger charge is -2.34. The molecule has 2 atom stereocenters. The highest BCUT2D eigenvalue weighted by Crippen LogP contribution is 2.35. The summed E-state index contributed by atoms with van der Waals surface area (Å²) in [5.41, 5.74) is 0.240. The number of carbonyl (C=O) groups excluding carboxylic acids is 2. The first-order valence-electron chi connectivity index (χ1n) is 11.0. The average molecular weight is 463 g/mol. The maximum absolute atomic E-state index is 13.4. The Morgan fingerprint density at radius 3 is 2.35 bits per heavy atom. The minimum absolute atomic E-state index is 0.172. The fourth-order valence-corrected chi connectivity index (χ4v) is 4.28. The summed E-state index contributed by atoms with van der Waals surface area (Å²) in [6.07, 6.45) is 0.627. The number of amides is 2. The van der Waals surface area contributed by atoms with E-state index in [0.29, 0.717) is 29.8 Å². The van der Waals surface area contributed by atoms with Gasteiger partial charge in [0.05, 0.1) is 12.7 Å². The highest BCUT2D eigenvalue weighted by atomic mass is 16.5. The second kappa shape index (κ2) is 9.38. The predicted molar refractivity (Wildman–Crippen MR) is 127 cm³/mol. The quantitative estimate of drug-likeness (QED) is 0.581. The van der Waals surface area contributed by atoms with Crippen LogP contribution < -0.4 is 26.6 Å². The maximum Gasteiger partial charge on any atom is 0.332 e. The van der Waals surface area contributed by atoms with Crippen LogP contribution in [0.15, 0.2) is 64.2 Å². The molecule has 2 N–H and O–H groups in total. The molecule has 9 heteroatoms. The third-order valence-electron chi connectivity index (χ3n) is 5.99. The highest BCUT2D eigenvalue weighted by molar-refractivity contribution is 6.03. The Balaban J connectivity index is 1.91. The van der Waals surface area contributed by atoms with Gasteiger partial charge in [-0.3, -0.25) is 23.5 Å². The zero-order valence-corrected chi connectivity index (χ0v) is 19.2. The molecule has 1 aliphatic heterocycles. The van der Waals surface area contributed by atoms with E-state index in [4.69, 9.17) is 4.74 Å². The van der Waals surface area contributed by atoms with Gasteiger partial charge in [-0.1, -0.05) is 37.3 Å². The van der Waals surface area contributed by atoms with Crippen LogP contribution in [0.25, 0.3) is 0 Å². The smallest absolute Gasteiger partial charge is 0.332 e. The molecule has 0 spiro atoms. The van der Waals surface area contributed by atoms with Crippen LogP contribution in [-0.4, -0.2) is 34.1 Å². The van der Waals surface area contributed by atoms with Gasteiger partial charge in [-0.25, -0.2) is 4.79 Å². The number of hydrogen-bond acceptors (Lipinski definition) is 5. The second-order valence-electron chi connectivity index (χ2n) is 8.12. The van der Waals surface area contributed by atoms with Crippen LogP contribution in [0.2, 0.25) is 0 Å². The van der Waals surface area contributed by atoms with Gasteiger partial charge < -0.3 is 15.4 Å².